The lowest BCUT2D eigenvalue weighted by Crippen LogP contribution is -2.57. The largest absolute Gasteiger partial charge is 0.490 e. The van der Waals surface area contributed by atoms with Crippen molar-refractivity contribution >= 4 is 46.9 Å². The predicted molar refractivity (Wildman–Crippen MR) is 155 cm³/mol. The lowest BCUT2D eigenvalue weighted by Gasteiger charge is -2.33. The molecule has 1 heterocycles. The third kappa shape index (κ3) is 5.60. The molecule has 40 heavy (non-hydrogen) atoms. The maximum Gasteiger partial charge on any atom is 0.343 e. The first-order chi connectivity index (χ1) is 19.5. The fourth-order valence-corrected chi connectivity index (χ4v) is 4.51. The Labute approximate surface area is 236 Å². The number of barbiturate groups is 1. The molecule has 0 aromatic heterocycles. The average molecular weight is 553 g/mol. The number of benzene rings is 4. The minimum atomic E-state index is -0.746. The maximum absolute atomic E-state index is 13.6. The standard InChI is InChI=1S/C32H25ClN2O5/c1-2-39-29-20-22(16-17-28(29)40-21-23-10-9-11-24(33)18-23)19-27-30(36)34(25-12-5-3-6-13-25)32(38)35(31(27)37)26-14-7-4-8-15-26/h3-20H,2,21H2,1H3. The predicted octanol–water partition coefficient (Wildman–Crippen LogP) is 6.90. The zero-order valence-electron chi connectivity index (χ0n) is 21.6. The summed E-state index contributed by atoms with van der Waals surface area (Å²) in [7, 11) is 0. The van der Waals surface area contributed by atoms with Crippen LogP contribution in [0.2, 0.25) is 5.02 Å². The molecular formula is C32H25ClN2O5. The van der Waals surface area contributed by atoms with Crippen molar-refractivity contribution in [3.8, 4) is 11.5 Å². The molecule has 0 aliphatic carbocycles. The third-order valence-corrected chi connectivity index (χ3v) is 6.38. The Bertz CT molecular complexity index is 1520. The first-order valence-electron chi connectivity index (χ1n) is 12.6. The number of anilines is 2. The highest BCUT2D eigenvalue weighted by molar-refractivity contribution is 6.46. The van der Waals surface area contributed by atoms with Crippen LogP contribution >= 0.6 is 11.6 Å². The Hall–Kier alpha value is -4.88. The summed E-state index contributed by atoms with van der Waals surface area (Å²) in [6, 6.07) is 28.8. The number of imide groups is 2. The van der Waals surface area contributed by atoms with Crippen LogP contribution in [0, 0.1) is 0 Å². The van der Waals surface area contributed by atoms with Crippen LogP contribution < -0.4 is 19.3 Å². The van der Waals surface area contributed by atoms with Gasteiger partial charge in [-0.15, -0.1) is 0 Å². The lowest BCUT2D eigenvalue weighted by atomic mass is 10.0. The number of halogens is 1. The fraction of sp³-hybridized carbons (Fsp3) is 0.0938. The van der Waals surface area contributed by atoms with Gasteiger partial charge in [-0.3, -0.25) is 9.59 Å². The van der Waals surface area contributed by atoms with Crippen molar-refractivity contribution in [1.29, 1.82) is 0 Å². The minimum Gasteiger partial charge on any atom is -0.490 e. The van der Waals surface area contributed by atoms with Gasteiger partial charge in [0.2, 0.25) is 0 Å². The number of para-hydroxylation sites is 2. The number of amides is 4. The van der Waals surface area contributed by atoms with E-state index in [1.165, 1.54) is 6.08 Å². The van der Waals surface area contributed by atoms with E-state index in [2.05, 4.69) is 0 Å². The van der Waals surface area contributed by atoms with Crippen LogP contribution in [0.3, 0.4) is 0 Å². The zero-order valence-corrected chi connectivity index (χ0v) is 22.4. The van der Waals surface area contributed by atoms with Gasteiger partial charge >= 0.3 is 6.03 Å². The van der Waals surface area contributed by atoms with Crippen molar-refractivity contribution in [3.05, 3.63) is 125 Å². The molecule has 0 saturated carbocycles. The summed E-state index contributed by atoms with van der Waals surface area (Å²) < 4.78 is 11.8. The molecule has 4 amide bonds. The maximum atomic E-state index is 13.6. The monoisotopic (exact) mass is 552 g/mol. The highest BCUT2D eigenvalue weighted by Gasteiger charge is 2.43. The summed E-state index contributed by atoms with van der Waals surface area (Å²) in [4.78, 5) is 42.7. The molecule has 8 heteroatoms. The van der Waals surface area contributed by atoms with E-state index in [1.54, 1.807) is 84.9 Å². The van der Waals surface area contributed by atoms with Gasteiger partial charge in [-0.05, 0) is 72.7 Å². The number of carbonyl (C=O) groups is 3. The molecule has 0 spiro atoms. The topological polar surface area (TPSA) is 76.2 Å². The molecule has 5 rings (SSSR count). The van der Waals surface area contributed by atoms with Crippen LogP contribution in [0.4, 0.5) is 16.2 Å². The molecule has 4 aromatic rings. The molecule has 0 radical (unpaired) electrons. The number of nitrogens with zero attached hydrogens (tertiary/aromatic N) is 2. The molecule has 0 atom stereocenters. The number of rotatable bonds is 8. The van der Waals surface area contributed by atoms with Crippen LogP contribution in [0.5, 0.6) is 11.5 Å². The van der Waals surface area contributed by atoms with Gasteiger partial charge in [0.05, 0.1) is 18.0 Å². The molecule has 1 aliphatic heterocycles. The zero-order chi connectivity index (χ0) is 28.1. The Balaban J connectivity index is 1.52. The lowest BCUT2D eigenvalue weighted by molar-refractivity contribution is -0.121. The van der Waals surface area contributed by atoms with Crippen molar-refractivity contribution < 1.29 is 23.9 Å². The molecule has 4 aromatic carbocycles. The molecule has 1 fully saturated rings. The van der Waals surface area contributed by atoms with Gasteiger partial charge in [-0.2, -0.15) is 0 Å². The summed E-state index contributed by atoms with van der Waals surface area (Å²) in [6.07, 6.45) is 1.46. The first-order valence-corrected chi connectivity index (χ1v) is 13.0. The van der Waals surface area contributed by atoms with E-state index in [0.29, 0.717) is 40.1 Å². The number of hydrogen-bond donors (Lipinski definition) is 0. The van der Waals surface area contributed by atoms with Gasteiger partial charge in [0.1, 0.15) is 12.2 Å². The fourth-order valence-electron chi connectivity index (χ4n) is 4.30. The highest BCUT2D eigenvalue weighted by Crippen LogP contribution is 2.33. The Morgan fingerprint density at radius 1 is 0.700 bits per heavy atom. The summed E-state index contributed by atoms with van der Waals surface area (Å²) >= 11 is 6.08. The normalized spacial score (nSPS) is 13.4. The van der Waals surface area contributed by atoms with E-state index in [0.717, 1.165) is 15.4 Å². The smallest absolute Gasteiger partial charge is 0.343 e. The molecule has 0 N–H and O–H groups in total. The highest BCUT2D eigenvalue weighted by atomic mass is 35.5. The summed E-state index contributed by atoms with van der Waals surface area (Å²) in [5, 5.41) is 0.613. The van der Waals surface area contributed by atoms with Crippen molar-refractivity contribution in [2.75, 3.05) is 16.4 Å². The molecule has 7 nitrogen and oxygen atoms in total. The molecular weight excluding hydrogens is 528 g/mol. The van der Waals surface area contributed by atoms with Gasteiger partial charge in [0.15, 0.2) is 11.5 Å². The van der Waals surface area contributed by atoms with E-state index < -0.39 is 17.8 Å². The van der Waals surface area contributed by atoms with Gasteiger partial charge in [0, 0.05) is 5.02 Å². The quantitative estimate of drug-likeness (QED) is 0.175. The second kappa shape index (κ2) is 11.9. The molecule has 1 saturated heterocycles. The first kappa shape index (κ1) is 26.7. The van der Waals surface area contributed by atoms with Gasteiger partial charge in [-0.25, -0.2) is 14.6 Å². The van der Waals surface area contributed by atoms with E-state index in [4.69, 9.17) is 21.1 Å². The van der Waals surface area contributed by atoms with Crippen LogP contribution in [0.25, 0.3) is 6.08 Å². The van der Waals surface area contributed by atoms with Crippen LogP contribution in [-0.2, 0) is 16.2 Å². The van der Waals surface area contributed by atoms with Crippen molar-refractivity contribution in [3.63, 3.8) is 0 Å². The van der Waals surface area contributed by atoms with Gasteiger partial charge in [-0.1, -0.05) is 66.2 Å². The molecule has 0 bridgehead atoms. The van der Waals surface area contributed by atoms with Crippen molar-refractivity contribution in [1.82, 2.24) is 0 Å². The van der Waals surface area contributed by atoms with Crippen LogP contribution in [0.1, 0.15) is 18.1 Å². The van der Waals surface area contributed by atoms with Crippen LogP contribution in [0.15, 0.2) is 109 Å². The summed E-state index contributed by atoms with van der Waals surface area (Å²) in [5.41, 5.74) is 1.98. The summed E-state index contributed by atoms with van der Waals surface area (Å²) in [5.74, 6) is -0.483. The van der Waals surface area contributed by atoms with E-state index >= 15 is 0 Å². The van der Waals surface area contributed by atoms with Crippen molar-refractivity contribution in [2.24, 2.45) is 0 Å². The average Bonchev–Trinajstić information content (AvgIpc) is 2.96. The number of carbonyl (C=O) groups excluding carboxylic acids is 3. The number of ether oxygens (including phenoxy) is 2. The second-order valence-corrected chi connectivity index (χ2v) is 9.29. The van der Waals surface area contributed by atoms with E-state index in [1.807, 2.05) is 25.1 Å². The number of urea groups is 1. The molecule has 200 valence electrons. The Kier molecular flexibility index (Phi) is 7.94. The van der Waals surface area contributed by atoms with E-state index in [9.17, 15) is 14.4 Å². The Morgan fingerprint density at radius 2 is 1.32 bits per heavy atom. The van der Waals surface area contributed by atoms with Crippen LogP contribution in [-0.4, -0.2) is 24.5 Å². The minimum absolute atomic E-state index is 0.164. The van der Waals surface area contributed by atoms with E-state index in [-0.39, 0.29) is 12.2 Å². The SMILES string of the molecule is CCOc1cc(C=C2C(=O)N(c3ccccc3)C(=O)N(c3ccccc3)C2=O)ccc1OCc1cccc(Cl)c1. The third-order valence-electron chi connectivity index (χ3n) is 6.14. The molecule has 1 aliphatic rings. The van der Waals surface area contributed by atoms with Gasteiger partial charge < -0.3 is 9.47 Å². The molecule has 0 unspecified atom stereocenters. The number of hydrogen-bond acceptors (Lipinski definition) is 5. The Morgan fingerprint density at radius 3 is 1.90 bits per heavy atom. The summed E-state index contributed by atoms with van der Waals surface area (Å²) in [6.45, 7) is 2.50. The van der Waals surface area contributed by atoms with Gasteiger partial charge in [0.25, 0.3) is 11.8 Å². The van der Waals surface area contributed by atoms with Crippen molar-refractivity contribution in [2.45, 2.75) is 13.5 Å². The second-order valence-electron chi connectivity index (χ2n) is 8.85.